The first-order chi connectivity index (χ1) is 12.1. The van der Waals surface area contributed by atoms with Gasteiger partial charge >= 0.3 is 0 Å². The molecule has 0 radical (unpaired) electrons. The summed E-state index contributed by atoms with van der Waals surface area (Å²) in [6.45, 7) is 0.451. The zero-order valence-corrected chi connectivity index (χ0v) is 14.9. The van der Waals surface area contributed by atoms with E-state index in [0.717, 1.165) is 22.8 Å². The molecule has 3 rings (SSSR count). The Bertz CT molecular complexity index is 786. The lowest BCUT2D eigenvalue weighted by Crippen LogP contribution is -2.29. The summed E-state index contributed by atoms with van der Waals surface area (Å²) in [5.41, 5.74) is 3.01. The summed E-state index contributed by atoms with van der Waals surface area (Å²) in [6, 6.07) is 17.6. The summed E-state index contributed by atoms with van der Waals surface area (Å²) in [5.74, 6) is 0. The molecule has 1 aromatic carbocycles. The first-order valence-corrected chi connectivity index (χ1v) is 8.69. The second kappa shape index (κ2) is 8.30. The molecule has 5 heteroatoms. The van der Waals surface area contributed by atoms with Gasteiger partial charge in [-0.2, -0.15) is 0 Å². The fraction of sp³-hybridized carbons (Fsp3) is 0.250. The summed E-state index contributed by atoms with van der Waals surface area (Å²) in [4.78, 5) is 4.48. The van der Waals surface area contributed by atoms with Gasteiger partial charge in [-0.15, -0.1) is 0 Å². The molecule has 130 valence electrons. The molecule has 0 aliphatic carbocycles. The molecule has 25 heavy (non-hydrogen) atoms. The standard InChI is InChI=1S/C20H22ClN3O/c1-24-12-4-6-19(24)20(25)14-23-18(17-5-2-3-11-22-17)13-15-7-9-16(21)10-8-15/h2-12,18,20,23,25H,13-14H2,1H3/t18-,20+/m0/s1. The van der Waals surface area contributed by atoms with Crippen LogP contribution in [-0.4, -0.2) is 21.2 Å². The van der Waals surface area contributed by atoms with Gasteiger partial charge in [0.2, 0.25) is 0 Å². The first-order valence-electron chi connectivity index (χ1n) is 8.31. The number of benzene rings is 1. The minimum atomic E-state index is -0.573. The van der Waals surface area contributed by atoms with Crippen LogP contribution in [0.1, 0.15) is 29.1 Å². The molecule has 0 fully saturated rings. The maximum atomic E-state index is 10.5. The minimum Gasteiger partial charge on any atom is -0.386 e. The average molecular weight is 356 g/mol. The second-order valence-corrected chi connectivity index (χ2v) is 6.54. The Morgan fingerprint density at radius 3 is 2.56 bits per heavy atom. The fourth-order valence-corrected chi connectivity index (χ4v) is 3.02. The van der Waals surface area contributed by atoms with Gasteiger partial charge < -0.3 is 15.0 Å². The largest absolute Gasteiger partial charge is 0.386 e. The van der Waals surface area contributed by atoms with E-state index in [1.807, 2.05) is 72.4 Å². The Kier molecular flexibility index (Phi) is 5.87. The van der Waals surface area contributed by atoms with Crippen molar-refractivity contribution in [2.45, 2.75) is 18.6 Å². The lowest BCUT2D eigenvalue weighted by molar-refractivity contribution is 0.161. The van der Waals surface area contributed by atoms with Gasteiger partial charge in [0.05, 0.1) is 11.7 Å². The van der Waals surface area contributed by atoms with Gasteiger partial charge in [0.1, 0.15) is 6.10 Å². The average Bonchev–Trinajstić information content (AvgIpc) is 3.07. The van der Waals surface area contributed by atoms with Gasteiger partial charge in [-0.1, -0.05) is 29.8 Å². The number of halogens is 1. The van der Waals surface area contributed by atoms with Crippen LogP contribution in [0.5, 0.6) is 0 Å². The molecule has 0 amide bonds. The third kappa shape index (κ3) is 4.69. The van der Waals surface area contributed by atoms with Crippen molar-refractivity contribution in [1.29, 1.82) is 0 Å². The second-order valence-electron chi connectivity index (χ2n) is 6.11. The van der Waals surface area contributed by atoms with Crippen molar-refractivity contribution in [2.75, 3.05) is 6.54 Å². The highest BCUT2D eigenvalue weighted by atomic mass is 35.5. The molecule has 4 nitrogen and oxygen atoms in total. The molecule has 0 spiro atoms. The van der Waals surface area contributed by atoms with E-state index in [1.165, 1.54) is 5.56 Å². The van der Waals surface area contributed by atoms with Crippen LogP contribution >= 0.6 is 11.6 Å². The number of nitrogens with one attached hydrogen (secondary N) is 1. The van der Waals surface area contributed by atoms with E-state index < -0.39 is 6.10 Å². The Balaban J connectivity index is 1.72. The highest BCUT2D eigenvalue weighted by Gasteiger charge is 2.17. The van der Waals surface area contributed by atoms with Gasteiger partial charge in [0, 0.05) is 36.7 Å². The normalized spacial score (nSPS) is 13.6. The van der Waals surface area contributed by atoms with Crippen LogP contribution in [0.2, 0.25) is 5.02 Å². The fourth-order valence-electron chi connectivity index (χ4n) is 2.90. The molecule has 2 heterocycles. The third-order valence-corrected chi connectivity index (χ3v) is 4.53. The topological polar surface area (TPSA) is 50.1 Å². The number of hydrogen-bond acceptors (Lipinski definition) is 3. The summed E-state index contributed by atoms with van der Waals surface area (Å²) in [5, 5.41) is 14.6. The number of aryl methyl sites for hydroxylation is 1. The predicted octanol–water partition coefficient (Wildman–Crippen LogP) is 3.68. The number of aliphatic hydroxyl groups is 1. The molecule has 0 saturated heterocycles. The molecule has 2 N–H and O–H groups in total. The monoisotopic (exact) mass is 355 g/mol. The van der Waals surface area contributed by atoms with Crippen LogP contribution in [-0.2, 0) is 13.5 Å². The SMILES string of the molecule is Cn1cccc1[C@H](O)CN[C@@H](Cc1ccc(Cl)cc1)c1ccccn1. The van der Waals surface area contributed by atoms with Gasteiger partial charge in [0.25, 0.3) is 0 Å². The van der Waals surface area contributed by atoms with E-state index in [0.29, 0.717) is 6.54 Å². The zero-order chi connectivity index (χ0) is 17.6. The number of aliphatic hydroxyl groups excluding tert-OH is 1. The summed E-state index contributed by atoms with van der Waals surface area (Å²) < 4.78 is 1.93. The molecule has 2 atom stereocenters. The van der Waals surface area contributed by atoms with Crippen LogP contribution < -0.4 is 5.32 Å². The van der Waals surface area contributed by atoms with E-state index in [2.05, 4.69) is 10.3 Å². The summed E-state index contributed by atoms with van der Waals surface area (Å²) in [6.07, 6.45) is 3.92. The molecule has 2 aromatic heterocycles. The molecular formula is C20H22ClN3O. The highest BCUT2D eigenvalue weighted by molar-refractivity contribution is 6.30. The molecule has 0 aliphatic heterocycles. The predicted molar refractivity (Wildman–Crippen MR) is 101 cm³/mol. The van der Waals surface area contributed by atoms with Crippen molar-refractivity contribution < 1.29 is 5.11 Å². The number of hydrogen-bond donors (Lipinski definition) is 2. The molecule has 3 aromatic rings. The minimum absolute atomic E-state index is 0.0114. The van der Waals surface area contributed by atoms with Crippen LogP contribution in [0.4, 0.5) is 0 Å². The number of rotatable bonds is 7. The van der Waals surface area contributed by atoms with Gasteiger partial charge in [-0.25, -0.2) is 0 Å². The van der Waals surface area contributed by atoms with E-state index in [4.69, 9.17) is 11.6 Å². The highest BCUT2D eigenvalue weighted by Crippen LogP contribution is 2.20. The van der Waals surface area contributed by atoms with E-state index in [1.54, 1.807) is 6.20 Å². The maximum Gasteiger partial charge on any atom is 0.106 e. The third-order valence-electron chi connectivity index (χ3n) is 4.28. The van der Waals surface area contributed by atoms with Gasteiger partial charge in [0.15, 0.2) is 0 Å². The number of aromatic nitrogens is 2. The smallest absolute Gasteiger partial charge is 0.106 e. The first kappa shape index (κ1) is 17.7. The van der Waals surface area contributed by atoms with Crippen molar-refractivity contribution >= 4 is 11.6 Å². The Labute approximate surface area is 153 Å². The lowest BCUT2D eigenvalue weighted by Gasteiger charge is -2.21. The van der Waals surface area contributed by atoms with Crippen LogP contribution in [0, 0.1) is 0 Å². The quantitative estimate of drug-likeness (QED) is 0.679. The maximum absolute atomic E-state index is 10.5. The van der Waals surface area contributed by atoms with Crippen LogP contribution in [0.25, 0.3) is 0 Å². The van der Waals surface area contributed by atoms with Gasteiger partial charge in [-0.05, 0) is 48.4 Å². The van der Waals surface area contributed by atoms with Crippen molar-refractivity contribution in [3.05, 3.63) is 89.0 Å². The van der Waals surface area contributed by atoms with Crippen molar-refractivity contribution in [3.8, 4) is 0 Å². The zero-order valence-electron chi connectivity index (χ0n) is 14.1. The molecule has 0 unspecified atom stereocenters. The van der Waals surface area contributed by atoms with Crippen molar-refractivity contribution in [3.63, 3.8) is 0 Å². The Morgan fingerprint density at radius 2 is 1.92 bits per heavy atom. The molecule has 0 aliphatic rings. The Hall–Kier alpha value is -2.14. The number of nitrogens with zero attached hydrogens (tertiary/aromatic N) is 2. The van der Waals surface area contributed by atoms with E-state index in [9.17, 15) is 5.11 Å². The molecular weight excluding hydrogens is 334 g/mol. The Morgan fingerprint density at radius 1 is 1.12 bits per heavy atom. The van der Waals surface area contributed by atoms with Gasteiger partial charge in [-0.3, -0.25) is 4.98 Å². The number of pyridine rings is 1. The molecule has 0 bridgehead atoms. The van der Waals surface area contributed by atoms with Crippen LogP contribution in [0.15, 0.2) is 67.0 Å². The summed E-state index contributed by atoms with van der Waals surface area (Å²) >= 11 is 5.98. The summed E-state index contributed by atoms with van der Waals surface area (Å²) in [7, 11) is 1.93. The van der Waals surface area contributed by atoms with E-state index >= 15 is 0 Å². The van der Waals surface area contributed by atoms with E-state index in [-0.39, 0.29) is 6.04 Å². The van der Waals surface area contributed by atoms with Crippen LogP contribution in [0.3, 0.4) is 0 Å². The van der Waals surface area contributed by atoms with Crippen molar-refractivity contribution in [2.24, 2.45) is 7.05 Å². The lowest BCUT2D eigenvalue weighted by atomic mass is 10.0. The van der Waals surface area contributed by atoms with Crippen molar-refractivity contribution in [1.82, 2.24) is 14.9 Å². The molecule has 0 saturated carbocycles.